The van der Waals surface area contributed by atoms with E-state index in [1.165, 1.54) is 179 Å². The van der Waals surface area contributed by atoms with Gasteiger partial charge >= 0.3 is 0 Å². The van der Waals surface area contributed by atoms with Gasteiger partial charge < -0.3 is 24.1 Å². The van der Waals surface area contributed by atoms with Crippen LogP contribution in [0.15, 0.2) is 73.3 Å². The van der Waals surface area contributed by atoms with Crippen molar-refractivity contribution in [3.05, 3.63) is 73.3 Å². The molecule has 13 heteroatoms. The molecule has 0 radical (unpaired) electrons. The third kappa shape index (κ3) is 45.5. The first kappa shape index (κ1) is 79.6. The zero-order valence-electron chi connectivity index (χ0n) is 56.7. The van der Waals surface area contributed by atoms with E-state index >= 15 is 0 Å². The highest BCUT2D eigenvalue weighted by atomic mass is 28.3. The number of phenols is 1. The van der Waals surface area contributed by atoms with Gasteiger partial charge in [0.05, 0.1) is 44.6 Å². The summed E-state index contributed by atoms with van der Waals surface area (Å²) in [6, 6.07) is 24.2. The fourth-order valence-electron chi connectivity index (χ4n) is 10.1. The zero-order chi connectivity index (χ0) is 61.6. The summed E-state index contributed by atoms with van der Waals surface area (Å²) < 4.78 is 22.6. The molecule has 0 aliphatic carbocycles. The van der Waals surface area contributed by atoms with Crippen LogP contribution in [0.25, 0.3) is 22.8 Å². The lowest BCUT2D eigenvalue weighted by Gasteiger charge is -2.26. The van der Waals surface area contributed by atoms with Crippen molar-refractivity contribution in [3.63, 3.8) is 0 Å². The Hall–Kier alpha value is -3.37. The van der Waals surface area contributed by atoms with Crippen LogP contribution >= 0.6 is 0 Å². The Balaban J connectivity index is 0.000000696. The van der Waals surface area contributed by atoms with E-state index in [9.17, 15) is 5.11 Å². The molecule has 0 bridgehead atoms. The molecule has 0 amide bonds. The molecule has 1 N–H and O–H groups in total. The smallest absolute Gasteiger partial charge is 0.159 e. The third-order valence-electron chi connectivity index (χ3n) is 16.1. The summed E-state index contributed by atoms with van der Waals surface area (Å²) in [6.07, 6.45) is 44.0. The van der Waals surface area contributed by atoms with Gasteiger partial charge in [-0.05, 0) is 74.2 Å². The molecular weight excluding hydrogens is 1110 g/mol. The van der Waals surface area contributed by atoms with Gasteiger partial charge in [0.15, 0.2) is 23.1 Å². The fourth-order valence-corrected chi connectivity index (χ4v) is 24.4. The van der Waals surface area contributed by atoms with Crippen LogP contribution in [0.2, 0.25) is 102 Å². The first-order valence-electron chi connectivity index (χ1n) is 34.2. The van der Waals surface area contributed by atoms with Gasteiger partial charge in [-0.3, -0.25) is 0 Å². The number of phenolic OH excluding ortho intramolecular Hbond substituents is 1. The Morgan fingerprint density at radius 1 is 0.329 bits per heavy atom. The first-order chi connectivity index (χ1) is 40.2. The lowest BCUT2D eigenvalue weighted by Crippen LogP contribution is -2.30. The minimum Gasteiger partial charge on any atom is -0.508 e. The van der Waals surface area contributed by atoms with Crippen molar-refractivity contribution < 1.29 is 24.1 Å². The van der Waals surface area contributed by atoms with Crippen molar-refractivity contribution >= 4 is 32.3 Å². The van der Waals surface area contributed by atoms with E-state index in [-0.39, 0.29) is 13.2 Å². The molecule has 0 saturated heterocycles. The monoisotopic (exact) mass is 1240 g/mol. The van der Waals surface area contributed by atoms with Crippen LogP contribution in [0.4, 0.5) is 0 Å². The average molecular weight is 1250 g/mol. The summed E-state index contributed by atoms with van der Waals surface area (Å²) in [6.45, 7) is 33.2. The molecule has 0 fully saturated rings. The van der Waals surface area contributed by atoms with Crippen molar-refractivity contribution in [2.45, 2.75) is 303 Å². The standard InChI is InChI=1S/C35H62N2O2Si2.C20H28N2O2.C16H38OSi2.CH4/c1-7-8-9-10-11-12-15-19-26-39-34-30-36-35(37-31-34)32-21-23-33(24-22-32)38-25-18-16-13-14-17-20-27-41(5,6)29-28-40(2,3)4;1-2-3-4-5-6-7-8-9-14-24-19-15-21-20(22-16-19)17-10-12-18(23)13-11-17;1-17-13-11-9-7-8-10-12-14-19(5,6)16-15-18(2,3)4;/h21-24,30-31H,7-20,25-29H2,1-6H3;10-13,15-16,23H,2-9,14H2,1H3;7-16H2,1-6H3;1H4. The molecular formula is C72H132N4O5Si4. The maximum Gasteiger partial charge on any atom is 0.159 e. The maximum atomic E-state index is 9.30. The third-order valence-corrected chi connectivity index (χ3v) is 27.2. The van der Waals surface area contributed by atoms with Gasteiger partial charge in [0, 0.05) is 57.1 Å². The van der Waals surface area contributed by atoms with E-state index in [1.807, 2.05) is 24.3 Å². The quantitative estimate of drug-likeness (QED) is 0.0342. The summed E-state index contributed by atoms with van der Waals surface area (Å²) in [4.78, 5) is 17.7. The van der Waals surface area contributed by atoms with Gasteiger partial charge in [0.1, 0.15) is 11.5 Å². The maximum absolute atomic E-state index is 9.30. The Morgan fingerprint density at radius 3 is 0.929 bits per heavy atom. The number of aromatic hydroxyl groups is 1. The topological polar surface area (TPSA) is 109 Å². The highest BCUT2D eigenvalue weighted by Crippen LogP contribution is 2.28. The summed E-state index contributed by atoms with van der Waals surface area (Å²) in [5.41, 5.74) is 1.88. The molecule has 0 saturated carbocycles. The van der Waals surface area contributed by atoms with Crippen molar-refractivity contribution in [3.8, 4) is 45.8 Å². The van der Waals surface area contributed by atoms with Crippen LogP contribution in [0.1, 0.15) is 201 Å². The molecule has 85 heavy (non-hydrogen) atoms. The van der Waals surface area contributed by atoms with Gasteiger partial charge in [-0.2, -0.15) is 0 Å². The fraction of sp³-hybridized carbons (Fsp3) is 0.722. The molecule has 4 rings (SSSR count). The number of aromatic nitrogens is 4. The van der Waals surface area contributed by atoms with Crippen molar-refractivity contribution in [2.75, 3.05) is 33.5 Å². The van der Waals surface area contributed by atoms with E-state index in [0.29, 0.717) is 11.6 Å². The van der Waals surface area contributed by atoms with Crippen LogP contribution in [-0.2, 0) is 4.74 Å². The van der Waals surface area contributed by atoms with Crippen molar-refractivity contribution in [1.82, 2.24) is 19.9 Å². The van der Waals surface area contributed by atoms with Gasteiger partial charge in [-0.1, -0.05) is 277 Å². The SMILES string of the molecule is C.CCCCCCCCCCOc1cnc(-c2ccc(O)cc2)nc1.CCCCCCCCCCOc1cnc(-c2ccc(OCCCCCCCC[Si](C)(C)CC[Si](C)(C)C)cc2)nc1.COCCCCCCCC[Si](C)(C)CC[Si](C)(C)C. The first-order valence-corrected chi connectivity index (χ1v) is 48.4. The summed E-state index contributed by atoms with van der Waals surface area (Å²) >= 11 is 0. The summed E-state index contributed by atoms with van der Waals surface area (Å²) in [7, 11) is -1.75. The normalized spacial score (nSPS) is 11.7. The highest BCUT2D eigenvalue weighted by molar-refractivity contribution is 6.82. The molecule has 0 atom stereocenters. The second-order valence-electron chi connectivity index (χ2n) is 28.2. The van der Waals surface area contributed by atoms with Gasteiger partial charge in [-0.15, -0.1) is 0 Å². The predicted molar refractivity (Wildman–Crippen MR) is 383 cm³/mol. The number of methoxy groups -OCH3 is 1. The van der Waals surface area contributed by atoms with E-state index in [4.69, 9.17) is 18.9 Å². The number of unbranched alkanes of at least 4 members (excludes halogenated alkanes) is 24. The van der Waals surface area contributed by atoms with Crippen LogP contribution in [-0.4, -0.2) is 90.9 Å². The number of hydrogen-bond donors (Lipinski definition) is 1. The van der Waals surface area contributed by atoms with E-state index in [1.54, 1.807) is 74.3 Å². The van der Waals surface area contributed by atoms with Gasteiger partial charge in [-0.25, -0.2) is 19.9 Å². The van der Waals surface area contributed by atoms with E-state index < -0.39 is 32.3 Å². The molecule has 9 nitrogen and oxygen atoms in total. The van der Waals surface area contributed by atoms with Crippen molar-refractivity contribution in [1.29, 1.82) is 0 Å². The molecule has 2 heterocycles. The Morgan fingerprint density at radius 2 is 0.612 bits per heavy atom. The van der Waals surface area contributed by atoms with E-state index in [2.05, 4.69) is 99.3 Å². The minimum absolute atomic E-state index is 0. The van der Waals surface area contributed by atoms with Crippen LogP contribution < -0.4 is 14.2 Å². The highest BCUT2D eigenvalue weighted by Gasteiger charge is 2.25. The van der Waals surface area contributed by atoms with Gasteiger partial charge in [0.2, 0.25) is 0 Å². The average Bonchev–Trinajstić information content (AvgIpc) is 3.59. The summed E-state index contributed by atoms with van der Waals surface area (Å²) in [5.74, 6) is 3.97. The number of ether oxygens (including phenoxy) is 4. The lowest BCUT2D eigenvalue weighted by molar-refractivity contribution is 0.192. The van der Waals surface area contributed by atoms with Crippen LogP contribution in [0, 0.1) is 0 Å². The minimum atomic E-state index is -0.972. The zero-order valence-corrected chi connectivity index (χ0v) is 60.7. The number of nitrogens with zero attached hydrogens (tertiary/aromatic N) is 4. The largest absolute Gasteiger partial charge is 0.508 e. The molecule has 0 spiro atoms. The molecule has 0 unspecified atom stereocenters. The molecule has 4 aromatic rings. The van der Waals surface area contributed by atoms with Crippen LogP contribution in [0.3, 0.4) is 0 Å². The second kappa shape index (κ2) is 48.5. The Kier molecular flexibility index (Phi) is 45.5. The number of hydrogen-bond acceptors (Lipinski definition) is 9. The second-order valence-corrected chi connectivity index (χ2v) is 50.1. The molecule has 0 aliphatic heterocycles. The van der Waals surface area contributed by atoms with Gasteiger partial charge in [0.25, 0.3) is 0 Å². The summed E-state index contributed by atoms with van der Waals surface area (Å²) in [5, 5.41) is 9.30. The number of benzene rings is 2. The molecule has 486 valence electrons. The molecule has 0 aliphatic rings. The van der Waals surface area contributed by atoms with E-state index in [0.717, 1.165) is 74.1 Å². The van der Waals surface area contributed by atoms with Crippen LogP contribution in [0.5, 0.6) is 23.0 Å². The predicted octanol–water partition coefficient (Wildman–Crippen LogP) is 23.5. The number of rotatable bonds is 47. The molecule has 2 aromatic heterocycles. The Bertz CT molecular complexity index is 2130. The molecule has 2 aromatic carbocycles. The van der Waals surface area contributed by atoms with Crippen molar-refractivity contribution in [2.24, 2.45) is 0 Å². The lowest BCUT2D eigenvalue weighted by atomic mass is 10.1. The Labute approximate surface area is 528 Å².